The Morgan fingerprint density at radius 1 is 1.47 bits per heavy atom. The first kappa shape index (κ1) is 9.67. The minimum absolute atomic E-state index is 0.564. The van der Waals surface area contributed by atoms with E-state index in [-0.39, 0.29) is 0 Å². The molecule has 0 aliphatic heterocycles. The fraction of sp³-hybridized carbons (Fsp3) is 0. The van der Waals surface area contributed by atoms with Crippen LogP contribution in [0.5, 0.6) is 0 Å². The number of nitrogens with two attached hydrogens (primary N) is 1. The molecule has 76 valence electrons. The van der Waals surface area contributed by atoms with E-state index >= 15 is 0 Å². The van der Waals surface area contributed by atoms with Crippen LogP contribution in [0.3, 0.4) is 0 Å². The molecule has 1 heterocycles. The van der Waals surface area contributed by atoms with E-state index in [1.54, 1.807) is 23.6 Å². The fourth-order valence-corrected chi connectivity index (χ4v) is 1.87. The minimum Gasteiger partial charge on any atom is -0.351 e. The van der Waals surface area contributed by atoms with Crippen molar-refractivity contribution in [3.8, 4) is 10.6 Å². The number of hydrogen-bond acceptors (Lipinski definition) is 3. The molecule has 0 spiro atoms. The van der Waals surface area contributed by atoms with Crippen molar-refractivity contribution in [1.29, 1.82) is 0 Å². The van der Waals surface area contributed by atoms with Crippen LogP contribution in [0.1, 0.15) is 0 Å². The van der Waals surface area contributed by atoms with Gasteiger partial charge in [0.05, 0.1) is 0 Å². The Bertz CT molecular complexity index is 467. The number of benzene rings is 1. The van der Waals surface area contributed by atoms with Crippen LogP contribution >= 0.6 is 11.3 Å². The quantitative estimate of drug-likeness (QED) is 0.813. The molecule has 0 aliphatic carbocycles. The summed E-state index contributed by atoms with van der Waals surface area (Å²) in [5, 5.41) is 5.35. The van der Waals surface area contributed by atoms with Gasteiger partial charge >= 0.3 is 6.03 Å². The second kappa shape index (κ2) is 4.10. The van der Waals surface area contributed by atoms with Crippen LogP contribution in [-0.4, -0.2) is 11.0 Å². The molecule has 0 unspecified atom stereocenters. The van der Waals surface area contributed by atoms with E-state index in [1.807, 2.05) is 23.6 Å². The molecule has 0 saturated heterocycles. The lowest BCUT2D eigenvalue weighted by atomic mass is 10.2. The minimum atomic E-state index is -0.564. The van der Waals surface area contributed by atoms with Gasteiger partial charge in [0.1, 0.15) is 5.01 Å². The van der Waals surface area contributed by atoms with Crippen LogP contribution < -0.4 is 11.1 Å². The van der Waals surface area contributed by atoms with E-state index in [1.165, 1.54) is 0 Å². The average Bonchev–Trinajstić information content (AvgIpc) is 2.69. The Balaban J connectivity index is 2.31. The third-order valence-corrected chi connectivity index (χ3v) is 2.63. The largest absolute Gasteiger partial charge is 0.351 e. The second-order valence-electron chi connectivity index (χ2n) is 2.91. The molecule has 0 aliphatic rings. The van der Waals surface area contributed by atoms with E-state index in [9.17, 15) is 4.79 Å². The maximum absolute atomic E-state index is 10.7. The third kappa shape index (κ3) is 2.32. The summed E-state index contributed by atoms with van der Waals surface area (Å²) in [6.45, 7) is 0. The van der Waals surface area contributed by atoms with Crippen molar-refractivity contribution in [3.05, 3.63) is 35.8 Å². The maximum atomic E-state index is 10.7. The summed E-state index contributed by atoms with van der Waals surface area (Å²) in [7, 11) is 0. The molecule has 0 fully saturated rings. The van der Waals surface area contributed by atoms with Crippen molar-refractivity contribution in [2.75, 3.05) is 5.32 Å². The van der Waals surface area contributed by atoms with Gasteiger partial charge in [-0.3, -0.25) is 0 Å². The highest BCUT2D eigenvalue weighted by Crippen LogP contribution is 2.24. The Labute approximate surface area is 90.8 Å². The zero-order chi connectivity index (χ0) is 10.7. The molecule has 5 heteroatoms. The highest BCUT2D eigenvalue weighted by Gasteiger charge is 2.02. The summed E-state index contributed by atoms with van der Waals surface area (Å²) >= 11 is 1.55. The van der Waals surface area contributed by atoms with E-state index in [2.05, 4.69) is 10.3 Å². The molecule has 2 amide bonds. The summed E-state index contributed by atoms with van der Waals surface area (Å²) in [4.78, 5) is 14.8. The van der Waals surface area contributed by atoms with Gasteiger partial charge in [-0.25, -0.2) is 9.78 Å². The predicted molar refractivity (Wildman–Crippen MR) is 60.8 cm³/mol. The summed E-state index contributed by atoms with van der Waals surface area (Å²) in [5.74, 6) is 0. The van der Waals surface area contributed by atoms with Crippen LogP contribution in [0.15, 0.2) is 35.8 Å². The number of primary amides is 1. The highest BCUT2D eigenvalue weighted by atomic mass is 32.1. The summed E-state index contributed by atoms with van der Waals surface area (Å²) in [5.41, 5.74) is 6.68. The smallest absolute Gasteiger partial charge is 0.316 e. The molecule has 0 bridgehead atoms. The lowest BCUT2D eigenvalue weighted by molar-refractivity contribution is 0.259. The Morgan fingerprint density at radius 3 is 3.00 bits per heavy atom. The van der Waals surface area contributed by atoms with Gasteiger partial charge in [0.15, 0.2) is 0 Å². The molecule has 0 saturated carbocycles. The summed E-state index contributed by atoms with van der Waals surface area (Å²) < 4.78 is 0. The fourth-order valence-electron chi connectivity index (χ4n) is 1.24. The second-order valence-corrected chi connectivity index (χ2v) is 3.80. The standard InChI is InChI=1S/C10H9N3OS/c11-10(14)13-8-3-1-2-7(6-8)9-12-4-5-15-9/h1-6H,(H3,11,13,14). The summed E-state index contributed by atoms with van der Waals surface area (Å²) in [6, 6.07) is 6.84. The number of anilines is 1. The molecule has 3 N–H and O–H groups in total. The van der Waals surface area contributed by atoms with Crippen LogP contribution in [0, 0.1) is 0 Å². The van der Waals surface area contributed by atoms with Gasteiger partial charge in [0.25, 0.3) is 0 Å². The monoisotopic (exact) mass is 219 g/mol. The van der Waals surface area contributed by atoms with Crippen molar-refractivity contribution in [3.63, 3.8) is 0 Å². The average molecular weight is 219 g/mol. The van der Waals surface area contributed by atoms with Gasteiger partial charge in [-0.15, -0.1) is 11.3 Å². The molecule has 15 heavy (non-hydrogen) atoms. The van der Waals surface area contributed by atoms with Crippen LogP contribution in [0.25, 0.3) is 10.6 Å². The first-order valence-corrected chi connectivity index (χ1v) is 5.20. The van der Waals surface area contributed by atoms with Crippen molar-refractivity contribution in [2.45, 2.75) is 0 Å². The van der Waals surface area contributed by atoms with Crippen LogP contribution in [0.2, 0.25) is 0 Å². The number of urea groups is 1. The van der Waals surface area contributed by atoms with Crippen LogP contribution in [-0.2, 0) is 0 Å². The first-order valence-electron chi connectivity index (χ1n) is 4.32. The zero-order valence-corrected chi connectivity index (χ0v) is 8.62. The van der Waals surface area contributed by atoms with E-state index in [0.717, 1.165) is 10.6 Å². The Kier molecular flexibility index (Phi) is 2.64. The van der Waals surface area contributed by atoms with E-state index in [0.29, 0.717) is 5.69 Å². The summed E-state index contributed by atoms with van der Waals surface area (Å²) in [6.07, 6.45) is 1.74. The van der Waals surface area contributed by atoms with Crippen molar-refractivity contribution in [2.24, 2.45) is 5.73 Å². The number of hydrogen-bond donors (Lipinski definition) is 2. The lowest BCUT2D eigenvalue weighted by Gasteiger charge is -2.02. The van der Waals surface area contributed by atoms with Crippen molar-refractivity contribution in [1.82, 2.24) is 4.98 Å². The number of thiazole rings is 1. The molecule has 0 atom stereocenters. The third-order valence-electron chi connectivity index (χ3n) is 1.81. The molecule has 4 nitrogen and oxygen atoms in total. The van der Waals surface area contributed by atoms with Gasteiger partial charge in [0, 0.05) is 22.8 Å². The number of nitrogens with zero attached hydrogens (tertiary/aromatic N) is 1. The molecule has 1 aromatic carbocycles. The molecular formula is C10H9N3OS. The first-order chi connectivity index (χ1) is 7.25. The number of nitrogens with one attached hydrogen (secondary N) is 1. The van der Waals surface area contributed by atoms with Crippen LogP contribution in [0.4, 0.5) is 10.5 Å². The van der Waals surface area contributed by atoms with Gasteiger partial charge in [-0.05, 0) is 12.1 Å². The molecular weight excluding hydrogens is 210 g/mol. The topological polar surface area (TPSA) is 68.0 Å². The number of carbonyl (C=O) groups is 1. The highest BCUT2D eigenvalue weighted by molar-refractivity contribution is 7.13. The van der Waals surface area contributed by atoms with Crippen molar-refractivity contribution < 1.29 is 4.79 Å². The normalized spacial score (nSPS) is 9.87. The molecule has 0 radical (unpaired) electrons. The van der Waals surface area contributed by atoms with Gasteiger partial charge in [-0.2, -0.15) is 0 Å². The molecule has 1 aromatic heterocycles. The number of amides is 2. The zero-order valence-electron chi connectivity index (χ0n) is 7.81. The molecule has 2 aromatic rings. The van der Waals surface area contributed by atoms with Crippen molar-refractivity contribution >= 4 is 23.1 Å². The maximum Gasteiger partial charge on any atom is 0.316 e. The number of aromatic nitrogens is 1. The van der Waals surface area contributed by atoms with Gasteiger partial charge in [-0.1, -0.05) is 12.1 Å². The SMILES string of the molecule is NC(=O)Nc1cccc(-c2nccs2)c1. The lowest BCUT2D eigenvalue weighted by Crippen LogP contribution is -2.19. The Morgan fingerprint density at radius 2 is 2.33 bits per heavy atom. The number of rotatable bonds is 2. The Hall–Kier alpha value is -1.88. The predicted octanol–water partition coefficient (Wildman–Crippen LogP) is 2.30. The van der Waals surface area contributed by atoms with E-state index < -0.39 is 6.03 Å². The van der Waals surface area contributed by atoms with Gasteiger partial charge in [0.2, 0.25) is 0 Å². The van der Waals surface area contributed by atoms with E-state index in [4.69, 9.17) is 5.73 Å². The van der Waals surface area contributed by atoms with Gasteiger partial charge < -0.3 is 11.1 Å². The molecule has 2 rings (SSSR count). The number of carbonyl (C=O) groups excluding carboxylic acids is 1.